The molecule has 5 rings (SSSR count). The van der Waals surface area contributed by atoms with Crippen LogP contribution in [0.2, 0.25) is 0 Å². The van der Waals surface area contributed by atoms with Crippen molar-refractivity contribution in [1.29, 1.82) is 0 Å². The Balaban J connectivity index is 1.41. The summed E-state index contributed by atoms with van der Waals surface area (Å²) in [6, 6.07) is 3.90. The standard InChI is InChI=1S/C20H22N8OS/c1-12(2)28-16-7-18(22-9-15(16)24-19(28)11-29)25-17-5-6-21-20(26-17)13-8-23-27(10-13)30-14-3-4-14/h5-10,12,14,29H,3-4,11H2,1-2H3,(H,21,22,25,26). The number of hydrogen-bond donors (Lipinski definition) is 2. The van der Waals surface area contributed by atoms with E-state index >= 15 is 0 Å². The monoisotopic (exact) mass is 422 g/mol. The lowest BCUT2D eigenvalue weighted by atomic mass is 10.3. The van der Waals surface area contributed by atoms with Crippen molar-refractivity contribution in [3.8, 4) is 11.4 Å². The zero-order chi connectivity index (χ0) is 20.7. The first kappa shape index (κ1) is 19.0. The summed E-state index contributed by atoms with van der Waals surface area (Å²) >= 11 is 1.74. The van der Waals surface area contributed by atoms with E-state index in [2.05, 4.69) is 44.2 Å². The average molecular weight is 423 g/mol. The number of fused-ring (bicyclic) bond motifs is 1. The smallest absolute Gasteiger partial charge is 0.164 e. The lowest BCUT2D eigenvalue weighted by Crippen LogP contribution is -2.06. The number of imidazole rings is 1. The second kappa shape index (κ2) is 7.69. The minimum Gasteiger partial charge on any atom is -0.388 e. The van der Waals surface area contributed by atoms with Crippen LogP contribution in [-0.4, -0.2) is 44.0 Å². The van der Waals surface area contributed by atoms with Gasteiger partial charge in [0.2, 0.25) is 0 Å². The number of hydrogen-bond acceptors (Lipinski definition) is 8. The maximum absolute atomic E-state index is 9.62. The van der Waals surface area contributed by atoms with Gasteiger partial charge in [0.05, 0.1) is 23.5 Å². The second-order valence-corrected chi connectivity index (χ2v) is 8.79. The summed E-state index contributed by atoms with van der Waals surface area (Å²) in [5.41, 5.74) is 2.54. The molecule has 0 bridgehead atoms. The predicted octanol–water partition coefficient (Wildman–Crippen LogP) is 3.56. The van der Waals surface area contributed by atoms with E-state index < -0.39 is 0 Å². The zero-order valence-corrected chi connectivity index (χ0v) is 17.5. The van der Waals surface area contributed by atoms with Gasteiger partial charge in [0.1, 0.15) is 29.6 Å². The first-order valence-corrected chi connectivity index (χ1v) is 10.7. The van der Waals surface area contributed by atoms with Crippen LogP contribution in [-0.2, 0) is 6.61 Å². The Labute approximate surface area is 177 Å². The Hall–Kier alpha value is -2.98. The molecule has 0 unspecified atom stereocenters. The first-order valence-electron chi connectivity index (χ1n) is 9.90. The molecule has 1 aliphatic carbocycles. The molecule has 9 nitrogen and oxygen atoms in total. The third-order valence-corrected chi connectivity index (χ3v) is 6.00. The molecule has 0 spiro atoms. The number of anilines is 2. The highest BCUT2D eigenvalue weighted by Gasteiger charge is 2.23. The number of pyridine rings is 1. The molecule has 2 N–H and O–H groups in total. The van der Waals surface area contributed by atoms with E-state index in [1.807, 2.05) is 20.9 Å². The van der Waals surface area contributed by atoms with E-state index in [9.17, 15) is 5.11 Å². The molecule has 0 saturated heterocycles. The molecule has 154 valence electrons. The molecule has 0 amide bonds. The van der Waals surface area contributed by atoms with Crippen molar-refractivity contribution < 1.29 is 5.11 Å². The summed E-state index contributed by atoms with van der Waals surface area (Å²) in [5, 5.41) is 17.9. The van der Waals surface area contributed by atoms with Gasteiger partial charge in [-0.25, -0.2) is 24.0 Å². The lowest BCUT2D eigenvalue weighted by Gasteiger charge is -2.12. The fraction of sp³-hybridized carbons (Fsp3) is 0.350. The molecule has 1 aliphatic rings. The van der Waals surface area contributed by atoms with Gasteiger partial charge in [0, 0.05) is 29.8 Å². The quantitative estimate of drug-likeness (QED) is 0.466. The highest BCUT2D eigenvalue weighted by atomic mass is 32.2. The molecule has 0 atom stereocenters. The molecule has 4 aromatic rings. The molecule has 4 heterocycles. The van der Waals surface area contributed by atoms with Gasteiger partial charge in [-0.1, -0.05) is 0 Å². The van der Waals surface area contributed by atoms with Crippen molar-refractivity contribution >= 4 is 34.6 Å². The van der Waals surface area contributed by atoms with Crippen LogP contribution in [0.5, 0.6) is 0 Å². The molecule has 0 radical (unpaired) electrons. The van der Waals surface area contributed by atoms with Crippen LogP contribution in [0.4, 0.5) is 11.6 Å². The van der Waals surface area contributed by atoms with Gasteiger partial charge < -0.3 is 15.0 Å². The molecule has 1 fully saturated rings. The Kier molecular flexibility index (Phi) is 4.87. The fourth-order valence-corrected chi connectivity index (χ4v) is 4.24. The van der Waals surface area contributed by atoms with Gasteiger partial charge in [-0.3, -0.25) is 0 Å². The average Bonchev–Trinajstić information content (AvgIpc) is 3.29. The third-order valence-electron chi connectivity index (χ3n) is 4.82. The van der Waals surface area contributed by atoms with Crippen LogP contribution in [0.15, 0.2) is 36.9 Å². The van der Waals surface area contributed by atoms with Crippen molar-refractivity contribution in [2.75, 3.05) is 5.32 Å². The maximum atomic E-state index is 9.62. The van der Waals surface area contributed by atoms with Crippen molar-refractivity contribution in [2.45, 2.75) is 44.6 Å². The normalized spacial score (nSPS) is 14.0. The lowest BCUT2D eigenvalue weighted by molar-refractivity contribution is 0.263. The van der Waals surface area contributed by atoms with E-state index in [-0.39, 0.29) is 12.6 Å². The van der Waals surface area contributed by atoms with E-state index in [0.717, 1.165) is 16.6 Å². The van der Waals surface area contributed by atoms with Gasteiger partial charge >= 0.3 is 0 Å². The van der Waals surface area contributed by atoms with Gasteiger partial charge in [-0.05, 0) is 44.7 Å². The summed E-state index contributed by atoms with van der Waals surface area (Å²) in [6.45, 7) is 4.01. The highest BCUT2D eigenvalue weighted by molar-refractivity contribution is 7.98. The van der Waals surface area contributed by atoms with Gasteiger partial charge in [-0.2, -0.15) is 5.10 Å². The Bertz CT molecular complexity index is 1200. The Morgan fingerprint density at radius 1 is 1.20 bits per heavy atom. The molecular weight excluding hydrogens is 400 g/mol. The van der Waals surface area contributed by atoms with Crippen molar-refractivity contribution in [3.05, 3.63) is 42.7 Å². The first-order chi connectivity index (χ1) is 14.6. The Morgan fingerprint density at radius 3 is 2.83 bits per heavy atom. The van der Waals surface area contributed by atoms with Crippen molar-refractivity contribution in [3.63, 3.8) is 0 Å². The second-order valence-electron chi connectivity index (χ2n) is 7.53. The van der Waals surface area contributed by atoms with Crippen LogP contribution in [0, 0.1) is 0 Å². The molecule has 1 saturated carbocycles. The van der Waals surface area contributed by atoms with Crippen LogP contribution < -0.4 is 5.32 Å². The fourth-order valence-electron chi connectivity index (χ4n) is 3.31. The van der Waals surface area contributed by atoms with Crippen LogP contribution in [0.3, 0.4) is 0 Å². The summed E-state index contributed by atoms with van der Waals surface area (Å²) < 4.78 is 3.90. The number of aromatic nitrogens is 7. The third kappa shape index (κ3) is 3.75. The molecule has 0 aliphatic heterocycles. The van der Waals surface area contributed by atoms with Gasteiger partial charge in [-0.15, -0.1) is 0 Å². The minimum absolute atomic E-state index is 0.113. The predicted molar refractivity (Wildman–Crippen MR) is 116 cm³/mol. The maximum Gasteiger partial charge on any atom is 0.164 e. The van der Waals surface area contributed by atoms with E-state index in [1.165, 1.54) is 12.8 Å². The number of nitrogens with one attached hydrogen (secondary N) is 1. The van der Waals surface area contributed by atoms with E-state index in [0.29, 0.717) is 28.5 Å². The molecule has 30 heavy (non-hydrogen) atoms. The van der Waals surface area contributed by atoms with Crippen molar-refractivity contribution in [2.24, 2.45) is 0 Å². The Morgan fingerprint density at radius 2 is 2.07 bits per heavy atom. The topological polar surface area (TPSA) is 107 Å². The molecule has 0 aromatic carbocycles. The van der Waals surface area contributed by atoms with E-state index in [1.54, 1.807) is 36.6 Å². The number of aliphatic hydroxyl groups is 1. The number of aliphatic hydroxyl groups excluding tert-OH is 1. The molecule has 4 aromatic heterocycles. The summed E-state index contributed by atoms with van der Waals surface area (Å²) in [7, 11) is 0. The minimum atomic E-state index is -0.113. The van der Waals surface area contributed by atoms with Gasteiger partial charge in [0.15, 0.2) is 5.82 Å². The highest BCUT2D eigenvalue weighted by Crippen LogP contribution is 2.35. The van der Waals surface area contributed by atoms with E-state index in [4.69, 9.17) is 0 Å². The summed E-state index contributed by atoms with van der Waals surface area (Å²) in [4.78, 5) is 17.9. The van der Waals surface area contributed by atoms with Crippen molar-refractivity contribution in [1.82, 2.24) is 33.7 Å². The number of rotatable bonds is 7. The van der Waals surface area contributed by atoms with Crippen LogP contribution in [0.1, 0.15) is 38.6 Å². The largest absolute Gasteiger partial charge is 0.388 e. The van der Waals surface area contributed by atoms with Gasteiger partial charge in [0.25, 0.3) is 0 Å². The van der Waals surface area contributed by atoms with Crippen LogP contribution in [0.25, 0.3) is 22.4 Å². The zero-order valence-electron chi connectivity index (χ0n) is 16.7. The van der Waals surface area contributed by atoms with Crippen LogP contribution >= 0.6 is 11.9 Å². The molecule has 10 heteroatoms. The SMILES string of the molecule is CC(C)n1c(CO)nc2cnc(Nc3ccnc(-c4cnn(SC5CC5)c4)n3)cc21. The summed E-state index contributed by atoms with van der Waals surface area (Å²) in [5.74, 6) is 2.54. The summed E-state index contributed by atoms with van der Waals surface area (Å²) in [6.07, 6.45) is 9.68. The number of nitrogens with zero attached hydrogens (tertiary/aromatic N) is 7. The molecular formula is C20H22N8OS.